The highest BCUT2D eigenvalue weighted by Gasteiger charge is 2.26. The Morgan fingerprint density at radius 2 is 1.92 bits per heavy atom. The fourth-order valence-electron chi connectivity index (χ4n) is 1.02. The van der Waals surface area contributed by atoms with Crippen LogP contribution in [0.4, 0.5) is 0 Å². The molecule has 0 rings (SSSR count). The van der Waals surface area contributed by atoms with E-state index in [1.807, 2.05) is 6.92 Å². The Morgan fingerprint density at radius 3 is 2.17 bits per heavy atom. The summed E-state index contributed by atoms with van der Waals surface area (Å²) >= 11 is 0. The van der Waals surface area contributed by atoms with E-state index in [9.17, 15) is 4.79 Å². The number of nitrogens with two attached hydrogens (primary N) is 1. The van der Waals surface area contributed by atoms with Crippen LogP contribution in [-0.2, 0) is 4.79 Å². The number of carboxylic acids is 1. The van der Waals surface area contributed by atoms with E-state index in [1.54, 1.807) is 0 Å². The molecule has 0 radical (unpaired) electrons. The minimum absolute atomic E-state index is 0.0540. The van der Waals surface area contributed by atoms with Crippen molar-refractivity contribution in [2.45, 2.75) is 40.2 Å². The van der Waals surface area contributed by atoms with E-state index in [4.69, 9.17) is 10.8 Å². The molecule has 3 nitrogen and oxygen atoms in total. The second kappa shape index (κ2) is 3.90. The van der Waals surface area contributed by atoms with E-state index < -0.39 is 5.97 Å². The van der Waals surface area contributed by atoms with Crippen LogP contribution < -0.4 is 5.73 Å². The second-order valence-electron chi connectivity index (χ2n) is 4.42. The maximum atomic E-state index is 10.4. The monoisotopic (exact) mass is 173 g/mol. The van der Waals surface area contributed by atoms with Gasteiger partial charge in [-0.25, -0.2) is 0 Å². The third-order valence-electron chi connectivity index (χ3n) is 2.42. The van der Waals surface area contributed by atoms with Crippen molar-refractivity contribution in [1.82, 2.24) is 0 Å². The quantitative estimate of drug-likeness (QED) is 0.679. The fourth-order valence-corrected chi connectivity index (χ4v) is 1.02. The summed E-state index contributed by atoms with van der Waals surface area (Å²) in [5, 5.41) is 8.52. The summed E-state index contributed by atoms with van der Waals surface area (Å²) in [6.45, 7) is 8.20. The van der Waals surface area contributed by atoms with Crippen molar-refractivity contribution in [1.29, 1.82) is 0 Å². The molecule has 2 unspecified atom stereocenters. The van der Waals surface area contributed by atoms with Gasteiger partial charge in [0, 0.05) is 6.04 Å². The molecule has 0 spiro atoms. The highest BCUT2D eigenvalue weighted by molar-refractivity contribution is 5.67. The molecule has 0 aliphatic heterocycles. The van der Waals surface area contributed by atoms with Crippen molar-refractivity contribution in [2.24, 2.45) is 17.1 Å². The van der Waals surface area contributed by atoms with Gasteiger partial charge in [-0.2, -0.15) is 0 Å². The molecule has 0 aromatic rings. The first-order valence-electron chi connectivity index (χ1n) is 4.22. The lowest BCUT2D eigenvalue weighted by Crippen LogP contribution is -2.37. The Balaban J connectivity index is 4.10. The van der Waals surface area contributed by atoms with Crippen molar-refractivity contribution in [3.8, 4) is 0 Å². The Kier molecular flexibility index (Phi) is 3.71. The minimum atomic E-state index is -0.821. The van der Waals surface area contributed by atoms with Crippen molar-refractivity contribution in [3.63, 3.8) is 0 Å². The van der Waals surface area contributed by atoms with Gasteiger partial charge >= 0.3 is 5.97 Å². The average Bonchev–Trinajstić information content (AvgIpc) is 1.82. The first kappa shape index (κ1) is 11.4. The van der Waals surface area contributed by atoms with Crippen LogP contribution >= 0.6 is 0 Å². The second-order valence-corrected chi connectivity index (χ2v) is 4.42. The standard InChI is InChI=1S/C9H19NO2/c1-6(9(2,3)4)7(10)5-8(11)12/h6-7H,5,10H2,1-4H3,(H,11,12). The van der Waals surface area contributed by atoms with Crippen LogP contribution in [0, 0.1) is 11.3 Å². The Hall–Kier alpha value is -0.570. The number of carboxylic acid groups (broad SMARTS) is 1. The van der Waals surface area contributed by atoms with Gasteiger partial charge < -0.3 is 10.8 Å². The summed E-state index contributed by atoms with van der Waals surface area (Å²) in [7, 11) is 0. The normalized spacial score (nSPS) is 17.1. The third-order valence-corrected chi connectivity index (χ3v) is 2.42. The molecule has 2 atom stereocenters. The van der Waals surface area contributed by atoms with Gasteiger partial charge in [0.05, 0.1) is 6.42 Å². The van der Waals surface area contributed by atoms with Gasteiger partial charge in [-0.15, -0.1) is 0 Å². The Bertz CT molecular complexity index is 160. The lowest BCUT2D eigenvalue weighted by Gasteiger charge is -2.31. The Labute approximate surface area is 74.0 Å². The van der Waals surface area contributed by atoms with Crippen LogP contribution in [0.25, 0.3) is 0 Å². The number of hydrogen-bond acceptors (Lipinski definition) is 2. The zero-order chi connectivity index (χ0) is 9.94. The van der Waals surface area contributed by atoms with Gasteiger partial charge in [0.2, 0.25) is 0 Å². The number of carbonyl (C=O) groups is 1. The summed E-state index contributed by atoms with van der Waals surface area (Å²) in [5.41, 5.74) is 5.80. The molecule has 0 fully saturated rings. The smallest absolute Gasteiger partial charge is 0.304 e. The van der Waals surface area contributed by atoms with Crippen LogP contribution in [0.1, 0.15) is 34.1 Å². The summed E-state index contributed by atoms with van der Waals surface area (Å²) < 4.78 is 0. The highest BCUT2D eigenvalue weighted by Crippen LogP contribution is 2.28. The van der Waals surface area contributed by atoms with Crippen molar-refractivity contribution < 1.29 is 9.90 Å². The SMILES string of the molecule is CC(C(N)CC(=O)O)C(C)(C)C. The lowest BCUT2D eigenvalue weighted by atomic mass is 9.77. The maximum absolute atomic E-state index is 10.4. The molecule has 0 aromatic carbocycles. The largest absolute Gasteiger partial charge is 0.481 e. The molecule has 72 valence electrons. The van der Waals surface area contributed by atoms with E-state index in [-0.39, 0.29) is 23.8 Å². The summed E-state index contributed by atoms with van der Waals surface area (Å²) in [4.78, 5) is 10.4. The van der Waals surface area contributed by atoms with E-state index in [0.717, 1.165) is 0 Å². The molecule has 0 aliphatic rings. The maximum Gasteiger partial charge on any atom is 0.304 e. The van der Waals surface area contributed by atoms with Gasteiger partial charge in [0.25, 0.3) is 0 Å². The fraction of sp³-hybridized carbons (Fsp3) is 0.889. The van der Waals surface area contributed by atoms with Crippen molar-refractivity contribution in [2.75, 3.05) is 0 Å². The van der Waals surface area contributed by atoms with Crippen LogP contribution in [0.15, 0.2) is 0 Å². The van der Waals surface area contributed by atoms with Gasteiger partial charge in [-0.3, -0.25) is 4.79 Å². The van der Waals surface area contributed by atoms with Gasteiger partial charge in [-0.05, 0) is 11.3 Å². The van der Waals surface area contributed by atoms with Gasteiger partial charge in [0.15, 0.2) is 0 Å². The van der Waals surface area contributed by atoms with E-state index in [1.165, 1.54) is 0 Å². The molecule has 12 heavy (non-hydrogen) atoms. The van der Waals surface area contributed by atoms with Crippen molar-refractivity contribution in [3.05, 3.63) is 0 Å². The third kappa shape index (κ3) is 3.72. The van der Waals surface area contributed by atoms with Crippen LogP contribution in [0.2, 0.25) is 0 Å². The minimum Gasteiger partial charge on any atom is -0.481 e. The molecule has 0 amide bonds. The van der Waals surface area contributed by atoms with Crippen molar-refractivity contribution >= 4 is 5.97 Å². The molecule has 3 heteroatoms. The van der Waals surface area contributed by atoms with Crippen LogP contribution in [-0.4, -0.2) is 17.1 Å². The molecule has 0 aliphatic carbocycles. The Morgan fingerprint density at radius 1 is 1.50 bits per heavy atom. The average molecular weight is 173 g/mol. The molecule has 0 bridgehead atoms. The number of hydrogen-bond donors (Lipinski definition) is 2. The van der Waals surface area contributed by atoms with Crippen LogP contribution in [0.5, 0.6) is 0 Å². The van der Waals surface area contributed by atoms with Gasteiger partial charge in [0.1, 0.15) is 0 Å². The topological polar surface area (TPSA) is 63.3 Å². The van der Waals surface area contributed by atoms with E-state index in [0.29, 0.717) is 0 Å². The highest BCUT2D eigenvalue weighted by atomic mass is 16.4. The van der Waals surface area contributed by atoms with Gasteiger partial charge in [-0.1, -0.05) is 27.7 Å². The summed E-state index contributed by atoms with van der Waals surface area (Å²) in [6, 6.07) is -0.248. The molecule has 3 N–H and O–H groups in total. The molecular weight excluding hydrogens is 154 g/mol. The summed E-state index contributed by atoms with van der Waals surface area (Å²) in [5.74, 6) is -0.604. The summed E-state index contributed by atoms with van der Waals surface area (Å²) in [6.07, 6.45) is 0.0540. The van der Waals surface area contributed by atoms with E-state index >= 15 is 0 Å². The molecule has 0 heterocycles. The molecular formula is C9H19NO2. The first-order valence-corrected chi connectivity index (χ1v) is 4.22. The zero-order valence-electron chi connectivity index (χ0n) is 8.29. The number of aliphatic carboxylic acids is 1. The molecule has 0 saturated heterocycles. The van der Waals surface area contributed by atoms with Crippen LogP contribution in [0.3, 0.4) is 0 Å². The molecule has 0 saturated carbocycles. The predicted molar refractivity (Wildman–Crippen MR) is 48.8 cm³/mol. The lowest BCUT2D eigenvalue weighted by molar-refractivity contribution is -0.137. The first-order chi connectivity index (χ1) is 5.25. The van der Waals surface area contributed by atoms with E-state index in [2.05, 4.69) is 20.8 Å². The zero-order valence-corrected chi connectivity index (χ0v) is 8.29. The predicted octanol–water partition coefficient (Wildman–Crippen LogP) is 1.47. The molecule has 0 aromatic heterocycles. The number of rotatable bonds is 3.